The normalized spacial score (nSPS) is 11.9. The maximum atomic E-state index is 5.83. The fourth-order valence-corrected chi connectivity index (χ4v) is 1.90. The lowest BCUT2D eigenvalue weighted by Gasteiger charge is -2.19. The molecule has 1 rings (SSSR count). The first-order valence-electron chi connectivity index (χ1n) is 5.70. The van der Waals surface area contributed by atoms with Crippen LogP contribution < -0.4 is 24.7 Å². The lowest BCUT2D eigenvalue weighted by Crippen LogP contribution is -2.18. The molecule has 0 fully saturated rings. The van der Waals surface area contributed by atoms with Crippen LogP contribution in [0.5, 0.6) is 23.0 Å². The van der Waals surface area contributed by atoms with Crippen LogP contribution in [0.15, 0.2) is 6.07 Å². The van der Waals surface area contributed by atoms with Crippen molar-refractivity contribution in [1.82, 2.24) is 0 Å². The van der Waals surface area contributed by atoms with Gasteiger partial charge in [-0.3, -0.25) is 0 Å². The Morgan fingerprint density at radius 3 is 1.89 bits per heavy atom. The summed E-state index contributed by atoms with van der Waals surface area (Å²) in [5, 5.41) is 0. The average Bonchev–Trinajstić information content (AvgIpc) is 2.36. The lowest BCUT2D eigenvalue weighted by atomic mass is 10.0. The van der Waals surface area contributed by atoms with Gasteiger partial charge in [0, 0.05) is 11.6 Å². The quantitative estimate of drug-likeness (QED) is 0.836. The van der Waals surface area contributed by atoms with Gasteiger partial charge in [-0.15, -0.1) is 0 Å². The molecule has 5 heteroatoms. The van der Waals surface area contributed by atoms with E-state index in [9.17, 15) is 0 Å². The molecule has 0 spiro atoms. The van der Waals surface area contributed by atoms with Gasteiger partial charge in [0.05, 0.1) is 28.4 Å². The van der Waals surface area contributed by atoms with Crippen LogP contribution in [0.3, 0.4) is 0 Å². The van der Waals surface area contributed by atoms with Crippen molar-refractivity contribution < 1.29 is 18.9 Å². The highest BCUT2D eigenvalue weighted by atomic mass is 16.5. The number of rotatable bonds is 6. The SMILES string of the molecule is COc1cc(C[C@@H](C)N)c(OC)c(OC)c1OC. The molecule has 0 aromatic heterocycles. The molecule has 0 amide bonds. The molecule has 102 valence electrons. The monoisotopic (exact) mass is 255 g/mol. The molecule has 0 radical (unpaired) electrons. The zero-order valence-corrected chi connectivity index (χ0v) is 11.6. The largest absolute Gasteiger partial charge is 0.493 e. The van der Waals surface area contributed by atoms with Gasteiger partial charge in [-0.05, 0) is 19.4 Å². The molecule has 2 N–H and O–H groups in total. The Bertz CT molecular complexity index is 404. The Kier molecular flexibility index (Phi) is 5.09. The molecule has 1 atom stereocenters. The Morgan fingerprint density at radius 2 is 1.50 bits per heavy atom. The summed E-state index contributed by atoms with van der Waals surface area (Å²) in [5.41, 5.74) is 6.77. The molecule has 0 heterocycles. The van der Waals surface area contributed by atoms with E-state index < -0.39 is 0 Å². The van der Waals surface area contributed by atoms with Gasteiger partial charge in [0.25, 0.3) is 0 Å². The van der Waals surface area contributed by atoms with E-state index in [1.54, 1.807) is 28.4 Å². The van der Waals surface area contributed by atoms with Crippen LogP contribution in [0.2, 0.25) is 0 Å². The van der Waals surface area contributed by atoms with Crippen molar-refractivity contribution in [2.45, 2.75) is 19.4 Å². The summed E-state index contributed by atoms with van der Waals surface area (Å²) in [4.78, 5) is 0. The maximum Gasteiger partial charge on any atom is 0.207 e. The van der Waals surface area contributed by atoms with Crippen LogP contribution >= 0.6 is 0 Å². The van der Waals surface area contributed by atoms with Crippen LogP contribution in [0.1, 0.15) is 12.5 Å². The molecule has 0 saturated heterocycles. The van der Waals surface area contributed by atoms with Crippen molar-refractivity contribution >= 4 is 0 Å². The van der Waals surface area contributed by atoms with E-state index in [-0.39, 0.29) is 6.04 Å². The smallest absolute Gasteiger partial charge is 0.207 e. The van der Waals surface area contributed by atoms with Crippen molar-refractivity contribution in [3.8, 4) is 23.0 Å². The van der Waals surface area contributed by atoms with Crippen LogP contribution in [0.25, 0.3) is 0 Å². The summed E-state index contributed by atoms with van der Waals surface area (Å²) < 4.78 is 21.3. The summed E-state index contributed by atoms with van der Waals surface area (Å²) in [5.74, 6) is 2.28. The number of ether oxygens (including phenoxy) is 4. The predicted molar refractivity (Wildman–Crippen MR) is 70.0 cm³/mol. The Hall–Kier alpha value is -1.62. The minimum Gasteiger partial charge on any atom is -0.493 e. The van der Waals surface area contributed by atoms with Gasteiger partial charge in [-0.25, -0.2) is 0 Å². The number of hydrogen-bond donors (Lipinski definition) is 1. The predicted octanol–water partition coefficient (Wildman–Crippen LogP) is 1.61. The topological polar surface area (TPSA) is 62.9 Å². The molecule has 1 aromatic rings. The average molecular weight is 255 g/mol. The van der Waals surface area contributed by atoms with Gasteiger partial charge in [0.1, 0.15) is 0 Å². The van der Waals surface area contributed by atoms with E-state index in [0.717, 1.165) is 5.56 Å². The number of nitrogens with two attached hydrogens (primary N) is 1. The van der Waals surface area contributed by atoms with Gasteiger partial charge in [0.15, 0.2) is 11.5 Å². The summed E-state index contributed by atoms with van der Waals surface area (Å²) in [6.45, 7) is 1.93. The zero-order valence-electron chi connectivity index (χ0n) is 11.6. The van der Waals surface area contributed by atoms with Crippen LogP contribution in [0, 0.1) is 0 Å². The first-order valence-corrected chi connectivity index (χ1v) is 5.70. The molecule has 0 unspecified atom stereocenters. The summed E-state index contributed by atoms with van der Waals surface area (Å²) in [6, 6.07) is 1.88. The van der Waals surface area contributed by atoms with Gasteiger partial charge in [-0.1, -0.05) is 0 Å². The molecule has 5 nitrogen and oxygen atoms in total. The highest BCUT2D eigenvalue weighted by Crippen LogP contribution is 2.46. The third-order valence-electron chi connectivity index (χ3n) is 2.61. The van der Waals surface area contributed by atoms with Crippen LogP contribution in [-0.4, -0.2) is 34.5 Å². The molecule has 0 aliphatic heterocycles. The molecule has 0 saturated carbocycles. The third-order valence-corrected chi connectivity index (χ3v) is 2.61. The van der Waals surface area contributed by atoms with Crippen molar-refractivity contribution in [1.29, 1.82) is 0 Å². The summed E-state index contributed by atoms with van der Waals surface area (Å²) in [7, 11) is 6.30. The van der Waals surface area contributed by atoms with E-state index in [1.165, 1.54) is 0 Å². The fraction of sp³-hybridized carbons (Fsp3) is 0.538. The summed E-state index contributed by atoms with van der Waals surface area (Å²) >= 11 is 0. The van der Waals surface area contributed by atoms with E-state index in [2.05, 4.69) is 0 Å². The molecule has 18 heavy (non-hydrogen) atoms. The van der Waals surface area contributed by atoms with E-state index in [1.807, 2.05) is 13.0 Å². The van der Waals surface area contributed by atoms with E-state index >= 15 is 0 Å². The minimum absolute atomic E-state index is 0.0155. The molecular weight excluding hydrogens is 234 g/mol. The van der Waals surface area contributed by atoms with Crippen LogP contribution in [0.4, 0.5) is 0 Å². The molecular formula is C13H21NO4. The first kappa shape index (κ1) is 14.4. The van der Waals surface area contributed by atoms with Crippen LogP contribution in [-0.2, 0) is 6.42 Å². The molecule has 0 bridgehead atoms. The Morgan fingerprint density at radius 1 is 0.944 bits per heavy atom. The van der Waals surface area contributed by atoms with Gasteiger partial charge >= 0.3 is 0 Å². The number of hydrogen-bond acceptors (Lipinski definition) is 5. The highest BCUT2D eigenvalue weighted by Gasteiger charge is 2.21. The Balaban J connectivity index is 3.42. The second-order valence-electron chi connectivity index (χ2n) is 4.02. The van der Waals surface area contributed by atoms with Gasteiger partial charge in [-0.2, -0.15) is 0 Å². The van der Waals surface area contributed by atoms with E-state index in [4.69, 9.17) is 24.7 Å². The van der Waals surface area contributed by atoms with Crippen molar-refractivity contribution in [2.75, 3.05) is 28.4 Å². The van der Waals surface area contributed by atoms with Crippen molar-refractivity contribution in [3.05, 3.63) is 11.6 Å². The minimum atomic E-state index is 0.0155. The van der Waals surface area contributed by atoms with Gasteiger partial charge < -0.3 is 24.7 Å². The number of methoxy groups -OCH3 is 4. The molecule has 0 aliphatic rings. The highest BCUT2D eigenvalue weighted by molar-refractivity contribution is 5.63. The molecule has 0 aliphatic carbocycles. The fourth-order valence-electron chi connectivity index (χ4n) is 1.90. The second kappa shape index (κ2) is 6.35. The number of benzene rings is 1. The second-order valence-corrected chi connectivity index (χ2v) is 4.02. The lowest BCUT2D eigenvalue weighted by molar-refractivity contribution is 0.303. The van der Waals surface area contributed by atoms with Gasteiger partial charge in [0.2, 0.25) is 11.5 Å². The third kappa shape index (κ3) is 2.79. The summed E-state index contributed by atoms with van der Waals surface area (Å²) in [6.07, 6.45) is 0.667. The van der Waals surface area contributed by atoms with Crippen molar-refractivity contribution in [2.24, 2.45) is 5.73 Å². The van der Waals surface area contributed by atoms with E-state index in [0.29, 0.717) is 29.4 Å². The molecule has 1 aromatic carbocycles. The zero-order chi connectivity index (χ0) is 13.7. The maximum absolute atomic E-state index is 5.83. The standard InChI is InChI=1S/C13H21NO4/c1-8(14)6-9-7-10(15-2)12(17-4)13(18-5)11(9)16-3/h7-8H,6,14H2,1-5H3/t8-/m1/s1. The Labute approximate surface area is 108 Å². The van der Waals surface area contributed by atoms with Crippen molar-refractivity contribution in [3.63, 3.8) is 0 Å². The first-order chi connectivity index (χ1) is 8.58.